The summed E-state index contributed by atoms with van der Waals surface area (Å²) in [6.07, 6.45) is 2.94. The van der Waals surface area contributed by atoms with Gasteiger partial charge in [0, 0.05) is 12.3 Å². The molecule has 0 saturated heterocycles. The molecule has 0 aliphatic heterocycles. The Kier molecular flexibility index (Phi) is 3.51. The predicted octanol–water partition coefficient (Wildman–Crippen LogP) is 1.39. The number of rotatable bonds is 4. The van der Waals surface area contributed by atoms with Gasteiger partial charge in [0.05, 0.1) is 23.5 Å². The maximum absolute atomic E-state index is 13.1. The van der Waals surface area contributed by atoms with E-state index < -0.39 is 22.3 Å². The molecule has 98 valence electrons. The Morgan fingerprint density at radius 2 is 2.32 bits per heavy atom. The molecule has 7 nitrogen and oxygen atoms in total. The number of amides is 1. The highest BCUT2D eigenvalue weighted by molar-refractivity contribution is 5.98. The van der Waals surface area contributed by atoms with Gasteiger partial charge < -0.3 is 10.3 Å². The lowest BCUT2D eigenvalue weighted by molar-refractivity contribution is -0.385. The molecule has 0 fully saturated rings. The van der Waals surface area contributed by atoms with Crippen LogP contribution in [-0.2, 0) is 6.54 Å². The first-order valence-electron chi connectivity index (χ1n) is 5.27. The van der Waals surface area contributed by atoms with Crippen LogP contribution in [0.2, 0.25) is 0 Å². The summed E-state index contributed by atoms with van der Waals surface area (Å²) in [5, 5.41) is 13.2. The van der Waals surface area contributed by atoms with Crippen LogP contribution in [0.15, 0.2) is 30.7 Å². The van der Waals surface area contributed by atoms with Gasteiger partial charge in [-0.3, -0.25) is 14.9 Å². The van der Waals surface area contributed by atoms with Gasteiger partial charge >= 0.3 is 0 Å². The second-order valence-electron chi connectivity index (χ2n) is 3.68. The number of carbonyl (C=O) groups is 1. The maximum atomic E-state index is 13.1. The standard InChI is InChI=1S/C11H9FN4O3/c12-7-1-2-10(16(18)19)9(3-7)11(17)14-5-8-4-13-6-15-8/h1-4,6H,5H2,(H,13,15)(H,14,17). The van der Waals surface area contributed by atoms with Gasteiger partial charge in [0.15, 0.2) is 0 Å². The van der Waals surface area contributed by atoms with Crippen LogP contribution in [0.3, 0.4) is 0 Å². The Hall–Kier alpha value is -2.77. The van der Waals surface area contributed by atoms with Crippen LogP contribution in [-0.4, -0.2) is 20.8 Å². The fourth-order valence-corrected chi connectivity index (χ4v) is 1.50. The number of aromatic amines is 1. The molecule has 1 aromatic carbocycles. The van der Waals surface area contributed by atoms with Gasteiger partial charge in [-0.1, -0.05) is 0 Å². The number of nitro benzene ring substituents is 1. The number of nitro groups is 1. The van der Waals surface area contributed by atoms with E-state index in [9.17, 15) is 19.3 Å². The van der Waals surface area contributed by atoms with Gasteiger partial charge in [-0.15, -0.1) is 0 Å². The zero-order valence-corrected chi connectivity index (χ0v) is 9.59. The van der Waals surface area contributed by atoms with E-state index in [2.05, 4.69) is 15.3 Å². The summed E-state index contributed by atoms with van der Waals surface area (Å²) in [4.78, 5) is 28.3. The minimum atomic E-state index is -0.732. The molecule has 1 aromatic heterocycles. The van der Waals surface area contributed by atoms with Crippen molar-refractivity contribution in [1.82, 2.24) is 15.3 Å². The van der Waals surface area contributed by atoms with E-state index in [-0.39, 0.29) is 12.1 Å². The predicted molar refractivity (Wildman–Crippen MR) is 62.8 cm³/mol. The van der Waals surface area contributed by atoms with E-state index in [4.69, 9.17) is 0 Å². The molecule has 1 heterocycles. The quantitative estimate of drug-likeness (QED) is 0.643. The topological polar surface area (TPSA) is 101 Å². The smallest absolute Gasteiger partial charge is 0.282 e. The molecule has 8 heteroatoms. The lowest BCUT2D eigenvalue weighted by Gasteiger charge is -2.04. The summed E-state index contributed by atoms with van der Waals surface area (Å²) >= 11 is 0. The summed E-state index contributed by atoms with van der Waals surface area (Å²) in [5.74, 6) is -1.43. The second kappa shape index (κ2) is 5.25. The van der Waals surface area contributed by atoms with Crippen LogP contribution in [0.4, 0.5) is 10.1 Å². The number of benzene rings is 1. The van der Waals surface area contributed by atoms with E-state index in [1.54, 1.807) is 0 Å². The van der Waals surface area contributed by atoms with Gasteiger partial charge in [-0.25, -0.2) is 9.37 Å². The number of hydrogen-bond acceptors (Lipinski definition) is 4. The molecule has 0 aliphatic carbocycles. The van der Waals surface area contributed by atoms with Crippen molar-refractivity contribution in [2.24, 2.45) is 0 Å². The van der Waals surface area contributed by atoms with E-state index in [0.29, 0.717) is 5.69 Å². The van der Waals surface area contributed by atoms with Crippen molar-refractivity contribution in [3.8, 4) is 0 Å². The molecule has 2 N–H and O–H groups in total. The molecular formula is C11H9FN4O3. The fourth-order valence-electron chi connectivity index (χ4n) is 1.50. The molecule has 2 aromatic rings. The van der Waals surface area contributed by atoms with Gasteiger partial charge in [-0.2, -0.15) is 0 Å². The first-order valence-corrected chi connectivity index (χ1v) is 5.27. The van der Waals surface area contributed by atoms with Crippen molar-refractivity contribution in [2.45, 2.75) is 6.54 Å². The van der Waals surface area contributed by atoms with E-state index in [1.807, 2.05) is 0 Å². The van der Waals surface area contributed by atoms with Gasteiger partial charge in [-0.05, 0) is 12.1 Å². The summed E-state index contributed by atoms with van der Waals surface area (Å²) in [5.41, 5.74) is -0.125. The van der Waals surface area contributed by atoms with Crippen molar-refractivity contribution < 1.29 is 14.1 Å². The lowest BCUT2D eigenvalue weighted by atomic mass is 10.1. The van der Waals surface area contributed by atoms with Gasteiger partial charge in [0.1, 0.15) is 11.4 Å². The summed E-state index contributed by atoms with van der Waals surface area (Å²) < 4.78 is 13.1. The number of imidazole rings is 1. The Bertz CT molecular complexity index is 612. The number of H-pyrrole nitrogens is 1. The van der Waals surface area contributed by atoms with Crippen LogP contribution in [0.5, 0.6) is 0 Å². The van der Waals surface area contributed by atoms with E-state index in [0.717, 1.165) is 18.2 Å². The molecule has 0 unspecified atom stereocenters. The number of nitrogens with zero attached hydrogens (tertiary/aromatic N) is 2. The fraction of sp³-hybridized carbons (Fsp3) is 0.0909. The monoisotopic (exact) mass is 264 g/mol. The first-order chi connectivity index (χ1) is 9.08. The van der Waals surface area contributed by atoms with Crippen LogP contribution in [0, 0.1) is 15.9 Å². The lowest BCUT2D eigenvalue weighted by Crippen LogP contribution is -2.24. The molecule has 0 radical (unpaired) electrons. The molecule has 19 heavy (non-hydrogen) atoms. The van der Waals surface area contributed by atoms with Crippen molar-refractivity contribution in [2.75, 3.05) is 0 Å². The maximum Gasteiger partial charge on any atom is 0.282 e. The minimum absolute atomic E-state index is 0.118. The van der Waals surface area contributed by atoms with Gasteiger partial charge in [0.2, 0.25) is 0 Å². The molecule has 0 spiro atoms. The van der Waals surface area contributed by atoms with Crippen molar-refractivity contribution in [3.05, 3.63) is 57.9 Å². The Morgan fingerprint density at radius 3 is 2.95 bits per heavy atom. The van der Waals surface area contributed by atoms with Crippen LogP contribution in [0.25, 0.3) is 0 Å². The normalized spacial score (nSPS) is 10.2. The number of carbonyl (C=O) groups excluding carboxylic acids is 1. The molecule has 2 rings (SSSR count). The SMILES string of the molecule is O=C(NCc1cnc[nH]1)c1cc(F)ccc1[N+](=O)[O-]. The highest BCUT2D eigenvalue weighted by atomic mass is 19.1. The molecular weight excluding hydrogens is 255 g/mol. The average Bonchev–Trinajstić information content (AvgIpc) is 2.88. The Balaban J connectivity index is 2.18. The summed E-state index contributed by atoms with van der Waals surface area (Å²) in [6, 6.07) is 2.73. The largest absolute Gasteiger partial charge is 0.347 e. The van der Waals surface area contributed by atoms with E-state index in [1.165, 1.54) is 12.5 Å². The van der Waals surface area contributed by atoms with E-state index >= 15 is 0 Å². The minimum Gasteiger partial charge on any atom is -0.347 e. The summed E-state index contributed by atoms with van der Waals surface area (Å²) in [6.45, 7) is 0.118. The molecule has 1 amide bonds. The molecule has 0 atom stereocenters. The third-order valence-corrected chi connectivity index (χ3v) is 2.39. The second-order valence-corrected chi connectivity index (χ2v) is 3.68. The zero-order valence-electron chi connectivity index (χ0n) is 9.59. The molecule has 0 aliphatic rings. The van der Waals surface area contributed by atoms with Crippen molar-refractivity contribution in [3.63, 3.8) is 0 Å². The number of halogens is 1. The Labute approximate surface area is 106 Å². The highest BCUT2D eigenvalue weighted by Crippen LogP contribution is 2.19. The van der Waals surface area contributed by atoms with Crippen LogP contribution >= 0.6 is 0 Å². The molecule has 0 bridgehead atoms. The zero-order chi connectivity index (χ0) is 13.8. The third kappa shape index (κ3) is 2.92. The first kappa shape index (κ1) is 12.7. The van der Waals surface area contributed by atoms with Crippen LogP contribution in [0.1, 0.15) is 16.1 Å². The van der Waals surface area contributed by atoms with Crippen molar-refractivity contribution in [1.29, 1.82) is 0 Å². The third-order valence-electron chi connectivity index (χ3n) is 2.39. The number of aromatic nitrogens is 2. The molecule has 0 saturated carbocycles. The Morgan fingerprint density at radius 1 is 1.53 bits per heavy atom. The highest BCUT2D eigenvalue weighted by Gasteiger charge is 2.20. The number of hydrogen-bond donors (Lipinski definition) is 2. The number of nitrogens with one attached hydrogen (secondary N) is 2. The summed E-state index contributed by atoms with van der Waals surface area (Å²) in [7, 11) is 0. The van der Waals surface area contributed by atoms with Gasteiger partial charge in [0.25, 0.3) is 11.6 Å². The average molecular weight is 264 g/mol. The van der Waals surface area contributed by atoms with Crippen molar-refractivity contribution >= 4 is 11.6 Å². The van der Waals surface area contributed by atoms with Crippen LogP contribution < -0.4 is 5.32 Å².